The first-order valence-electron chi connectivity index (χ1n) is 6.36. The Kier molecular flexibility index (Phi) is 5.99. The summed E-state index contributed by atoms with van der Waals surface area (Å²) < 4.78 is 5.76. The second-order valence-electron chi connectivity index (χ2n) is 5.09. The standard InChI is InChI=1S/C13H20N2O.2ClH/c1-2-12-3-4-13(16-12)9-15-7-10-5-14-6-11(10)8-15;;/h3-4,10-11,14H,2,5-9H2,1H3;2*1H/t10-,11+;;. The molecule has 0 amide bonds. The molecule has 3 rings (SSSR count). The number of fused-ring (bicyclic) bond motifs is 1. The van der Waals surface area contributed by atoms with Crippen LogP contribution in [0.25, 0.3) is 0 Å². The van der Waals surface area contributed by atoms with E-state index in [0.29, 0.717) is 0 Å². The van der Waals surface area contributed by atoms with Crippen molar-refractivity contribution in [3.8, 4) is 0 Å². The van der Waals surface area contributed by atoms with Gasteiger partial charge in [-0.15, -0.1) is 24.8 Å². The summed E-state index contributed by atoms with van der Waals surface area (Å²) in [5.41, 5.74) is 0. The number of nitrogens with zero attached hydrogens (tertiary/aromatic N) is 1. The first-order valence-corrected chi connectivity index (χ1v) is 6.36. The maximum absolute atomic E-state index is 5.76. The van der Waals surface area contributed by atoms with E-state index >= 15 is 0 Å². The molecule has 3 heterocycles. The van der Waals surface area contributed by atoms with Gasteiger partial charge in [0, 0.05) is 19.5 Å². The number of likely N-dealkylation sites (tertiary alicyclic amines) is 1. The molecule has 0 spiro atoms. The zero-order valence-electron chi connectivity index (χ0n) is 10.7. The van der Waals surface area contributed by atoms with Crippen LogP contribution in [0.5, 0.6) is 0 Å². The van der Waals surface area contributed by atoms with Gasteiger partial charge in [-0.3, -0.25) is 4.90 Å². The van der Waals surface area contributed by atoms with E-state index in [1.54, 1.807) is 0 Å². The Morgan fingerprint density at radius 3 is 2.33 bits per heavy atom. The molecule has 104 valence electrons. The van der Waals surface area contributed by atoms with E-state index in [4.69, 9.17) is 4.42 Å². The zero-order chi connectivity index (χ0) is 11.0. The van der Waals surface area contributed by atoms with E-state index in [9.17, 15) is 0 Å². The normalized spacial score (nSPS) is 26.5. The Hall–Kier alpha value is -0.220. The third-order valence-electron chi connectivity index (χ3n) is 3.91. The van der Waals surface area contributed by atoms with E-state index < -0.39 is 0 Å². The van der Waals surface area contributed by atoms with Crippen LogP contribution in [0, 0.1) is 11.8 Å². The summed E-state index contributed by atoms with van der Waals surface area (Å²) in [6, 6.07) is 4.24. The van der Waals surface area contributed by atoms with Crippen LogP contribution in [-0.4, -0.2) is 31.1 Å². The molecule has 0 radical (unpaired) electrons. The van der Waals surface area contributed by atoms with Crippen molar-refractivity contribution in [2.45, 2.75) is 19.9 Å². The highest BCUT2D eigenvalue weighted by Gasteiger charge is 2.35. The van der Waals surface area contributed by atoms with Crippen LogP contribution >= 0.6 is 24.8 Å². The fourth-order valence-electron chi connectivity index (χ4n) is 3.00. The molecule has 0 saturated carbocycles. The van der Waals surface area contributed by atoms with Gasteiger partial charge >= 0.3 is 0 Å². The maximum Gasteiger partial charge on any atom is 0.118 e. The van der Waals surface area contributed by atoms with Crippen LogP contribution in [0.1, 0.15) is 18.4 Å². The summed E-state index contributed by atoms with van der Waals surface area (Å²) >= 11 is 0. The van der Waals surface area contributed by atoms with Gasteiger partial charge in [-0.05, 0) is 37.1 Å². The van der Waals surface area contributed by atoms with E-state index in [1.807, 2.05) is 0 Å². The van der Waals surface area contributed by atoms with Crippen molar-refractivity contribution < 1.29 is 4.42 Å². The van der Waals surface area contributed by atoms with Crippen molar-refractivity contribution in [3.63, 3.8) is 0 Å². The molecule has 18 heavy (non-hydrogen) atoms. The van der Waals surface area contributed by atoms with Crippen LogP contribution in [0.2, 0.25) is 0 Å². The Balaban J connectivity index is 0.000000810. The molecule has 1 N–H and O–H groups in total. The summed E-state index contributed by atoms with van der Waals surface area (Å²) in [6.45, 7) is 8.01. The second kappa shape index (κ2) is 6.80. The lowest BCUT2D eigenvalue weighted by Gasteiger charge is -2.14. The molecule has 5 heteroatoms. The molecule has 0 aliphatic carbocycles. The minimum atomic E-state index is 0. The zero-order valence-corrected chi connectivity index (χ0v) is 12.4. The molecule has 2 atom stereocenters. The smallest absolute Gasteiger partial charge is 0.118 e. The fourth-order valence-corrected chi connectivity index (χ4v) is 3.00. The third-order valence-corrected chi connectivity index (χ3v) is 3.91. The molecule has 0 bridgehead atoms. The average Bonchev–Trinajstić information content (AvgIpc) is 2.92. The summed E-state index contributed by atoms with van der Waals surface area (Å²) in [4.78, 5) is 2.54. The molecular formula is C13H22Cl2N2O. The molecule has 0 unspecified atom stereocenters. The van der Waals surface area contributed by atoms with E-state index in [1.165, 1.54) is 26.2 Å². The Labute approximate surface area is 121 Å². The largest absolute Gasteiger partial charge is 0.465 e. The topological polar surface area (TPSA) is 28.4 Å². The van der Waals surface area contributed by atoms with Crippen molar-refractivity contribution in [2.75, 3.05) is 26.2 Å². The number of hydrogen-bond donors (Lipinski definition) is 1. The molecule has 2 aliphatic rings. The third kappa shape index (κ3) is 3.21. The quantitative estimate of drug-likeness (QED) is 0.927. The van der Waals surface area contributed by atoms with Crippen molar-refractivity contribution >= 4 is 24.8 Å². The summed E-state index contributed by atoms with van der Waals surface area (Å²) in [5.74, 6) is 3.99. The lowest BCUT2D eigenvalue weighted by Crippen LogP contribution is -2.25. The SMILES string of the molecule is CCc1ccc(CN2C[C@H]3CNC[C@H]3C2)o1.Cl.Cl. The maximum atomic E-state index is 5.76. The number of hydrogen-bond acceptors (Lipinski definition) is 3. The monoisotopic (exact) mass is 292 g/mol. The molecule has 2 aliphatic heterocycles. The second-order valence-corrected chi connectivity index (χ2v) is 5.09. The average molecular weight is 293 g/mol. The highest BCUT2D eigenvalue weighted by molar-refractivity contribution is 5.85. The fraction of sp³-hybridized carbons (Fsp3) is 0.692. The lowest BCUT2D eigenvalue weighted by molar-refractivity contribution is 0.274. The van der Waals surface area contributed by atoms with Crippen LogP contribution in [0.4, 0.5) is 0 Å². The number of halogens is 2. The van der Waals surface area contributed by atoms with Gasteiger partial charge in [-0.2, -0.15) is 0 Å². The number of aryl methyl sites for hydroxylation is 1. The van der Waals surface area contributed by atoms with Crippen molar-refractivity contribution in [1.29, 1.82) is 0 Å². The van der Waals surface area contributed by atoms with Gasteiger partial charge in [0.15, 0.2) is 0 Å². The highest BCUT2D eigenvalue weighted by Crippen LogP contribution is 2.27. The molecule has 0 aromatic carbocycles. The summed E-state index contributed by atoms with van der Waals surface area (Å²) in [6.07, 6.45) is 0.995. The van der Waals surface area contributed by atoms with Gasteiger partial charge in [0.2, 0.25) is 0 Å². The van der Waals surface area contributed by atoms with E-state index in [-0.39, 0.29) is 24.8 Å². The highest BCUT2D eigenvalue weighted by atomic mass is 35.5. The van der Waals surface area contributed by atoms with Crippen LogP contribution in [0.15, 0.2) is 16.5 Å². The summed E-state index contributed by atoms with van der Waals surface area (Å²) in [7, 11) is 0. The molecular weight excluding hydrogens is 271 g/mol. The van der Waals surface area contributed by atoms with Crippen LogP contribution in [0.3, 0.4) is 0 Å². The van der Waals surface area contributed by atoms with Crippen molar-refractivity contribution in [3.05, 3.63) is 23.7 Å². The lowest BCUT2D eigenvalue weighted by atomic mass is 10.0. The molecule has 1 aromatic heterocycles. The molecule has 2 saturated heterocycles. The van der Waals surface area contributed by atoms with Gasteiger partial charge in [0.1, 0.15) is 11.5 Å². The minimum Gasteiger partial charge on any atom is -0.465 e. The van der Waals surface area contributed by atoms with E-state index in [2.05, 4.69) is 29.3 Å². The Morgan fingerprint density at radius 1 is 1.17 bits per heavy atom. The number of furan rings is 1. The van der Waals surface area contributed by atoms with Gasteiger partial charge in [0.05, 0.1) is 6.54 Å². The molecule has 1 aromatic rings. The first-order chi connectivity index (χ1) is 7.85. The van der Waals surface area contributed by atoms with Crippen molar-refractivity contribution in [1.82, 2.24) is 10.2 Å². The predicted octanol–water partition coefficient (Wildman–Crippen LogP) is 2.34. The molecule has 3 nitrogen and oxygen atoms in total. The van der Waals surface area contributed by atoms with Crippen LogP contribution < -0.4 is 5.32 Å². The van der Waals surface area contributed by atoms with Crippen molar-refractivity contribution in [2.24, 2.45) is 11.8 Å². The van der Waals surface area contributed by atoms with Gasteiger partial charge in [-0.25, -0.2) is 0 Å². The Bertz CT molecular complexity index is 358. The number of nitrogens with one attached hydrogen (secondary N) is 1. The minimum absolute atomic E-state index is 0. The van der Waals surface area contributed by atoms with E-state index in [0.717, 1.165) is 36.3 Å². The first kappa shape index (κ1) is 15.8. The van der Waals surface area contributed by atoms with Gasteiger partial charge in [-0.1, -0.05) is 6.92 Å². The Morgan fingerprint density at radius 2 is 1.78 bits per heavy atom. The molecule has 2 fully saturated rings. The number of rotatable bonds is 3. The van der Waals surface area contributed by atoms with Gasteiger partial charge < -0.3 is 9.73 Å². The van der Waals surface area contributed by atoms with Crippen LogP contribution in [-0.2, 0) is 13.0 Å². The predicted molar refractivity (Wildman–Crippen MR) is 77.7 cm³/mol. The summed E-state index contributed by atoms with van der Waals surface area (Å²) in [5, 5.41) is 3.47. The van der Waals surface area contributed by atoms with Gasteiger partial charge in [0.25, 0.3) is 0 Å².